The molecule has 5 nitrogen and oxygen atoms in total. The van der Waals surface area contributed by atoms with E-state index >= 15 is 0 Å². The highest BCUT2D eigenvalue weighted by atomic mass is 32.2. The van der Waals surface area contributed by atoms with Crippen molar-refractivity contribution in [2.45, 2.75) is 63.6 Å². The van der Waals surface area contributed by atoms with Crippen molar-refractivity contribution in [1.29, 1.82) is 0 Å². The lowest BCUT2D eigenvalue weighted by atomic mass is 10.1. The predicted molar refractivity (Wildman–Crippen MR) is 90.9 cm³/mol. The summed E-state index contributed by atoms with van der Waals surface area (Å²) >= 11 is 0. The van der Waals surface area contributed by atoms with Gasteiger partial charge in [0.1, 0.15) is 0 Å². The molecule has 6 heteroatoms. The van der Waals surface area contributed by atoms with Crippen LogP contribution in [0.3, 0.4) is 0 Å². The Morgan fingerprint density at radius 1 is 1.04 bits per heavy atom. The van der Waals surface area contributed by atoms with Gasteiger partial charge in [0.05, 0.1) is 4.90 Å². The molecular formula is C17H26N2O3S. The summed E-state index contributed by atoms with van der Waals surface area (Å²) in [7, 11) is -1.95. The number of carbonyl (C=O) groups excluding carboxylic acids is 1. The fourth-order valence-electron chi connectivity index (χ4n) is 2.54. The molecule has 1 aromatic rings. The predicted octanol–water partition coefficient (Wildman–Crippen LogP) is 2.73. The highest BCUT2D eigenvalue weighted by Crippen LogP contribution is 2.30. The molecule has 1 aliphatic carbocycles. The van der Waals surface area contributed by atoms with Gasteiger partial charge in [0.2, 0.25) is 10.0 Å². The summed E-state index contributed by atoms with van der Waals surface area (Å²) in [5.74, 6) is -0.0244. The van der Waals surface area contributed by atoms with Crippen LogP contribution in [0.4, 0.5) is 0 Å². The van der Waals surface area contributed by atoms with Crippen molar-refractivity contribution in [1.82, 2.24) is 9.21 Å². The lowest BCUT2D eigenvalue weighted by Gasteiger charge is -2.27. The van der Waals surface area contributed by atoms with Crippen molar-refractivity contribution in [3.05, 3.63) is 29.8 Å². The number of carbonyl (C=O) groups is 1. The summed E-state index contributed by atoms with van der Waals surface area (Å²) in [4.78, 5) is 14.7. The molecule has 1 aromatic carbocycles. The minimum absolute atomic E-state index is 0.0244. The van der Waals surface area contributed by atoms with Crippen LogP contribution in [0.25, 0.3) is 0 Å². The second-order valence-electron chi connectivity index (χ2n) is 6.68. The Morgan fingerprint density at radius 3 is 1.96 bits per heavy atom. The quantitative estimate of drug-likeness (QED) is 0.801. The van der Waals surface area contributed by atoms with Gasteiger partial charge in [-0.1, -0.05) is 0 Å². The topological polar surface area (TPSA) is 57.7 Å². The van der Waals surface area contributed by atoms with Gasteiger partial charge in [0, 0.05) is 30.7 Å². The number of benzene rings is 1. The van der Waals surface area contributed by atoms with E-state index < -0.39 is 10.0 Å². The zero-order valence-electron chi connectivity index (χ0n) is 14.5. The molecule has 0 saturated heterocycles. The summed E-state index contributed by atoms with van der Waals surface area (Å²) in [6.45, 7) is 7.66. The van der Waals surface area contributed by atoms with Gasteiger partial charge < -0.3 is 4.90 Å². The first-order chi connectivity index (χ1) is 10.7. The van der Waals surface area contributed by atoms with E-state index in [-0.39, 0.29) is 22.9 Å². The summed E-state index contributed by atoms with van der Waals surface area (Å²) in [6.07, 6.45) is 2.10. The van der Waals surface area contributed by atoms with Crippen molar-refractivity contribution >= 4 is 15.9 Å². The van der Waals surface area contributed by atoms with Crippen LogP contribution in [-0.4, -0.2) is 48.7 Å². The lowest BCUT2D eigenvalue weighted by molar-refractivity contribution is 0.0690. The number of hydrogen-bond donors (Lipinski definition) is 0. The van der Waals surface area contributed by atoms with Crippen LogP contribution in [0.2, 0.25) is 0 Å². The molecule has 128 valence electrons. The summed E-state index contributed by atoms with van der Waals surface area (Å²) in [6, 6.07) is 6.62. The normalized spacial score (nSPS) is 15.5. The second-order valence-corrected chi connectivity index (χ2v) is 8.67. The SMILES string of the molecule is CC(C)N(C(=O)c1ccc(S(=O)(=O)N(C)C(C)C)cc1)C1CC1. The van der Waals surface area contributed by atoms with Crippen LogP contribution >= 0.6 is 0 Å². The number of nitrogens with zero attached hydrogens (tertiary/aromatic N) is 2. The average molecular weight is 338 g/mol. The van der Waals surface area contributed by atoms with Crippen LogP contribution in [0.5, 0.6) is 0 Å². The Labute approximate surface area is 139 Å². The molecule has 1 amide bonds. The van der Waals surface area contributed by atoms with Gasteiger partial charge in [-0.2, -0.15) is 4.31 Å². The van der Waals surface area contributed by atoms with Crippen LogP contribution in [-0.2, 0) is 10.0 Å². The largest absolute Gasteiger partial charge is 0.333 e. The van der Waals surface area contributed by atoms with Crippen molar-refractivity contribution in [2.24, 2.45) is 0 Å². The summed E-state index contributed by atoms with van der Waals surface area (Å²) in [5, 5.41) is 0. The number of hydrogen-bond acceptors (Lipinski definition) is 3. The number of rotatable bonds is 6. The zero-order valence-corrected chi connectivity index (χ0v) is 15.3. The third-order valence-corrected chi connectivity index (χ3v) is 6.28. The number of sulfonamides is 1. The Balaban J connectivity index is 2.24. The smallest absolute Gasteiger partial charge is 0.254 e. The van der Waals surface area contributed by atoms with Gasteiger partial charge in [0.25, 0.3) is 5.91 Å². The highest BCUT2D eigenvalue weighted by Gasteiger charge is 2.34. The van der Waals surface area contributed by atoms with Crippen LogP contribution < -0.4 is 0 Å². The van der Waals surface area contributed by atoms with E-state index in [9.17, 15) is 13.2 Å². The van der Waals surface area contributed by atoms with Gasteiger partial charge in [0.15, 0.2) is 0 Å². The van der Waals surface area contributed by atoms with E-state index in [1.165, 1.54) is 16.4 Å². The monoisotopic (exact) mass is 338 g/mol. The maximum absolute atomic E-state index is 12.6. The molecule has 0 spiro atoms. The molecule has 1 saturated carbocycles. The highest BCUT2D eigenvalue weighted by molar-refractivity contribution is 7.89. The third-order valence-electron chi connectivity index (χ3n) is 4.24. The standard InChI is InChI=1S/C17H26N2O3S/c1-12(2)18(5)23(21,22)16-10-6-14(7-11-16)17(20)19(13(3)4)15-8-9-15/h6-7,10-13,15H,8-9H2,1-5H3. The molecule has 1 fully saturated rings. The second kappa shape index (κ2) is 6.61. The van der Waals surface area contributed by atoms with E-state index in [4.69, 9.17) is 0 Å². The fraction of sp³-hybridized carbons (Fsp3) is 0.588. The van der Waals surface area contributed by atoms with Gasteiger partial charge >= 0.3 is 0 Å². The molecular weight excluding hydrogens is 312 g/mol. The average Bonchev–Trinajstić information content (AvgIpc) is 3.30. The van der Waals surface area contributed by atoms with Gasteiger partial charge in [-0.25, -0.2) is 8.42 Å². The van der Waals surface area contributed by atoms with E-state index in [1.54, 1.807) is 19.2 Å². The number of amides is 1. The fourth-order valence-corrected chi connectivity index (χ4v) is 3.90. The third kappa shape index (κ3) is 3.75. The van der Waals surface area contributed by atoms with Crippen molar-refractivity contribution < 1.29 is 13.2 Å². The van der Waals surface area contributed by atoms with E-state index in [0.717, 1.165) is 12.8 Å². The van der Waals surface area contributed by atoms with Gasteiger partial charge in [-0.15, -0.1) is 0 Å². The van der Waals surface area contributed by atoms with E-state index in [1.807, 2.05) is 32.6 Å². The van der Waals surface area contributed by atoms with Crippen LogP contribution in [0.1, 0.15) is 50.9 Å². The molecule has 0 aliphatic heterocycles. The molecule has 0 bridgehead atoms. The zero-order chi connectivity index (χ0) is 17.4. The summed E-state index contributed by atoms with van der Waals surface area (Å²) in [5.41, 5.74) is 0.539. The van der Waals surface area contributed by atoms with Gasteiger partial charge in [-0.05, 0) is 64.8 Å². The maximum Gasteiger partial charge on any atom is 0.254 e. The minimum atomic E-state index is -3.51. The van der Waals surface area contributed by atoms with E-state index in [0.29, 0.717) is 11.6 Å². The van der Waals surface area contributed by atoms with Crippen LogP contribution in [0.15, 0.2) is 29.2 Å². The minimum Gasteiger partial charge on any atom is -0.333 e. The molecule has 2 rings (SSSR count). The lowest BCUT2D eigenvalue weighted by Crippen LogP contribution is -2.38. The van der Waals surface area contributed by atoms with Gasteiger partial charge in [-0.3, -0.25) is 4.79 Å². The molecule has 23 heavy (non-hydrogen) atoms. The first-order valence-electron chi connectivity index (χ1n) is 8.07. The molecule has 0 radical (unpaired) electrons. The van der Waals surface area contributed by atoms with Crippen molar-refractivity contribution in [3.8, 4) is 0 Å². The van der Waals surface area contributed by atoms with Crippen molar-refractivity contribution in [2.75, 3.05) is 7.05 Å². The first-order valence-corrected chi connectivity index (χ1v) is 9.51. The Bertz CT molecular complexity index is 660. The Morgan fingerprint density at radius 2 is 1.57 bits per heavy atom. The first kappa shape index (κ1) is 17.9. The van der Waals surface area contributed by atoms with Crippen molar-refractivity contribution in [3.63, 3.8) is 0 Å². The molecule has 1 aliphatic rings. The summed E-state index contributed by atoms with van der Waals surface area (Å²) < 4.78 is 26.2. The Hall–Kier alpha value is -1.40. The molecule has 0 unspecified atom stereocenters. The molecule has 0 heterocycles. The molecule has 0 N–H and O–H groups in total. The Kier molecular flexibility index (Phi) is 5.16. The van der Waals surface area contributed by atoms with E-state index in [2.05, 4.69) is 0 Å². The maximum atomic E-state index is 12.6. The van der Waals surface area contributed by atoms with Crippen LogP contribution in [0, 0.1) is 0 Å². The molecule has 0 atom stereocenters. The molecule has 0 aromatic heterocycles.